The molecule has 1 aromatic rings. The molecular formula is C12H17NO2S. The summed E-state index contributed by atoms with van der Waals surface area (Å²) >= 11 is 1.39. The largest absolute Gasteiger partial charge is 0.477 e. The molecule has 2 unspecified atom stereocenters. The summed E-state index contributed by atoms with van der Waals surface area (Å²) in [5.41, 5.74) is 0. The van der Waals surface area contributed by atoms with Crippen LogP contribution in [0.3, 0.4) is 0 Å². The smallest absolute Gasteiger partial charge is 0.345 e. The monoisotopic (exact) mass is 239 g/mol. The standard InChI is InChI=1S/C12H17NO2S/c1-8-5-13(6-9(8)2)7-10-3-4-11(16-10)12(14)15/h3-4,8-9H,5-7H2,1-2H3,(H,14,15). The molecule has 1 saturated heterocycles. The van der Waals surface area contributed by atoms with Crippen LogP contribution in [0.25, 0.3) is 0 Å². The second-order valence-corrected chi connectivity index (χ2v) is 5.89. The van der Waals surface area contributed by atoms with E-state index in [2.05, 4.69) is 18.7 Å². The predicted molar refractivity (Wildman–Crippen MR) is 64.9 cm³/mol. The number of thiophene rings is 1. The molecule has 88 valence electrons. The van der Waals surface area contributed by atoms with Crippen molar-refractivity contribution >= 4 is 17.3 Å². The van der Waals surface area contributed by atoms with Crippen molar-refractivity contribution in [1.29, 1.82) is 0 Å². The minimum atomic E-state index is -0.820. The molecule has 2 heterocycles. The maximum absolute atomic E-state index is 10.8. The highest BCUT2D eigenvalue weighted by Crippen LogP contribution is 2.25. The topological polar surface area (TPSA) is 40.5 Å². The second kappa shape index (κ2) is 4.55. The maximum atomic E-state index is 10.8. The van der Waals surface area contributed by atoms with Gasteiger partial charge in [-0.3, -0.25) is 4.90 Å². The number of hydrogen-bond donors (Lipinski definition) is 1. The summed E-state index contributed by atoms with van der Waals surface area (Å²) in [6.45, 7) is 7.71. The molecule has 0 radical (unpaired) electrons. The highest BCUT2D eigenvalue weighted by molar-refractivity contribution is 7.13. The van der Waals surface area contributed by atoms with Crippen molar-refractivity contribution in [2.75, 3.05) is 13.1 Å². The molecule has 1 aliphatic rings. The molecule has 16 heavy (non-hydrogen) atoms. The van der Waals surface area contributed by atoms with E-state index in [0.717, 1.165) is 36.3 Å². The Hall–Kier alpha value is -0.870. The third kappa shape index (κ3) is 2.44. The molecule has 2 rings (SSSR count). The number of carbonyl (C=O) groups is 1. The molecule has 4 heteroatoms. The Morgan fingerprint density at radius 3 is 2.56 bits per heavy atom. The second-order valence-electron chi connectivity index (χ2n) is 4.72. The summed E-state index contributed by atoms with van der Waals surface area (Å²) in [5.74, 6) is 0.678. The number of aromatic carboxylic acids is 1. The molecule has 0 spiro atoms. The number of rotatable bonds is 3. The van der Waals surface area contributed by atoms with Crippen molar-refractivity contribution in [1.82, 2.24) is 4.90 Å². The van der Waals surface area contributed by atoms with Crippen molar-refractivity contribution in [2.24, 2.45) is 11.8 Å². The minimum Gasteiger partial charge on any atom is -0.477 e. The Balaban J connectivity index is 1.97. The molecule has 0 aliphatic carbocycles. The molecule has 1 aromatic heterocycles. The van der Waals surface area contributed by atoms with E-state index in [0.29, 0.717) is 4.88 Å². The van der Waals surface area contributed by atoms with Gasteiger partial charge in [-0.2, -0.15) is 0 Å². The highest BCUT2D eigenvalue weighted by atomic mass is 32.1. The lowest BCUT2D eigenvalue weighted by Gasteiger charge is -2.13. The fraction of sp³-hybridized carbons (Fsp3) is 0.583. The highest BCUT2D eigenvalue weighted by Gasteiger charge is 2.26. The van der Waals surface area contributed by atoms with Crippen LogP contribution >= 0.6 is 11.3 Å². The molecule has 0 saturated carbocycles. The van der Waals surface area contributed by atoms with Crippen LogP contribution in [-0.2, 0) is 6.54 Å². The normalized spacial score (nSPS) is 26.1. The van der Waals surface area contributed by atoms with Crippen LogP contribution in [0.2, 0.25) is 0 Å². The van der Waals surface area contributed by atoms with Gasteiger partial charge in [0.25, 0.3) is 0 Å². The zero-order valence-electron chi connectivity index (χ0n) is 9.64. The van der Waals surface area contributed by atoms with Crippen LogP contribution in [-0.4, -0.2) is 29.1 Å². The lowest BCUT2D eigenvalue weighted by atomic mass is 10.0. The summed E-state index contributed by atoms with van der Waals surface area (Å²) in [6.07, 6.45) is 0. The van der Waals surface area contributed by atoms with Gasteiger partial charge in [0.15, 0.2) is 0 Å². The lowest BCUT2D eigenvalue weighted by Crippen LogP contribution is -2.19. The van der Waals surface area contributed by atoms with Gasteiger partial charge >= 0.3 is 5.97 Å². The fourth-order valence-corrected chi connectivity index (χ4v) is 3.07. The lowest BCUT2D eigenvalue weighted by molar-refractivity contribution is 0.0702. The van der Waals surface area contributed by atoms with E-state index in [1.807, 2.05) is 6.07 Å². The van der Waals surface area contributed by atoms with Crippen molar-refractivity contribution < 1.29 is 9.90 Å². The van der Waals surface area contributed by atoms with Crippen LogP contribution in [0.1, 0.15) is 28.4 Å². The van der Waals surface area contributed by atoms with Crippen molar-refractivity contribution in [2.45, 2.75) is 20.4 Å². The predicted octanol–water partition coefficient (Wildman–Crippen LogP) is 2.53. The van der Waals surface area contributed by atoms with Gasteiger partial charge < -0.3 is 5.11 Å². The van der Waals surface area contributed by atoms with E-state index in [4.69, 9.17) is 5.11 Å². The van der Waals surface area contributed by atoms with E-state index in [9.17, 15) is 4.79 Å². The fourth-order valence-electron chi connectivity index (χ4n) is 2.18. The Bertz CT molecular complexity index is 378. The van der Waals surface area contributed by atoms with Gasteiger partial charge in [0, 0.05) is 24.5 Å². The van der Waals surface area contributed by atoms with Gasteiger partial charge in [-0.1, -0.05) is 13.8 Å². The van der Waals surface area contributed by atoms with Gasteiger partial charge in [-0.25, -0.2) is 4.79 Å². The molecule has 1 aliphatic heterocycles. The third-order valence-corrected chi connectivity index (χ3v) is 4.37. The van der Waals surface area contributed by atoms with Crippen LogP contribution in [0, 0.1) is 11.8 Å². The summed E-state index contributed by atoms with van der Waals surface area (Å²) in [5, 5.41) is 8.84. The summed E-state index contributed by atoms with van der Waals surface area (Å²) in [7, 11) is 0. The average Bonchev–Trinajstić information content (AvgIpc) is 2.76. The molecule has 0 aromatic carbocycles. The van der Waals surface area contributed by atoms with E-state index in [-0.39, 0.29) is 0 Å². The van der Waals surface area contributed by atoms with Crippen LogP contribution in [0.4, 0.5) is 0 Å². The zero-order valence-corrected chi connectivity index (χ0v) is 10.5. The molecule has 0 amide bonds. The quantitative estimate of drug-likeness (QED) is 0.881. The molecule has 1 N–H and O–H groups in total. The summed E-state index contributed by atoms with van der Waals surface area (Å²) in [6, 6.07) is 3.63. The third-order valence-electron chi connectivity index (χ3n) is 3.32. The van der Waals surface area contributed by atoms with E-state index < -0.39 is 5.97 Å². The molecular weight excluding hydrogens is 222 g/mol. The maximum Gasteiger partial charge on any atom is 0.345 e. The van der Waals surface area contributed by atoms with Crippen LogP contribution < -0.4 is 0 Å². The first-order valence-electron chi connectivity index (χ1n) is 5.60. The number of hydrogen-bond acceptors (Lipinski definition) is 3. The number of carboxylic acids is 1. The Kier molecular flexibility index (Phi) is 3.30. The summed E-state index contributed by atoms with van der Waals surface area (Å²) < 4.78 is 0. The zero-order chi connectivity index (χ0) is 11.7. The van der Waals surface area contributed by atoms with Gasteiger partial charge in [0.05, 0.1) is 0 Å². The molecule has 1 fully saturated rings. The van der Waals surface area contributed by atoms with E-state index in [1.165, 1.54) is 11.3 Å². The van der Waals surface area contributed by atoms with Gasteiger partial charge in [0.2, 0.25) is 0 Å². The van der Waals surface area contributed by atoms with Crippen molar-refractivity contribution in [3.63, 3.8) is 0 Å². The first kappa shape index (κ1) is 11.6. The van der Waals surface area contributed by atoms with Gasteiger partial charge in [-0.15, -0.1) is 11.3 Å². The molecule has 3 nitrogen and oxygen atoms in total. The van der Waals surface area contributed by atoms with Crippen molar-refractivity contribution in [3.8, 4) is 0 Å². The van der Waals surface area contributed by atoms with E-state index in [1.54, 1.807) is 6.07 Å². The Morgan fingerprint density at radius 1 is 1.44 bits per heavy atom. The number of likely N-dealkylation sites (tertiary alicyclic amines) is 1. The first-order chi connectivity index (χ1) is 7.56. The van der Waals surface area contributed by atoms with Crippen LogP contribution in [0.15, 0.2) is 12.1 Å². The summed E-state index contributed by atoms with van der Waals surface area (Å²) in [4.78, 5) is 14.8. The van der Waals surface area contributed by atoms with Crippen LogP contribution in [0.5, 0.6) is 0 Å². The SMILES string of the molecule is CC1CN(Cc2ccc(C(=O)O)s2)CC1C. The first-order valence-corrected chi connectivity index (χ1v) is 6.42. The Labute approximate surface area is 99.7 Å². The Morgan fingerprint density at radius 2 is 2.06 bits per heavy atom. The number of nitrogens with zero attached hydrogens (tertiary/aromatic N) is 1. The average molecular weight is 239 g/mol. The van der Waals surface area contributed by atoms with E-state index >= 15 is 0 Å². The van der Waals surface area contributed by atoms with Gasteiger partial charge in [0.1, 0.15) is 4.88 Å². The molecule has 2 atom stereocenters. The number of carboxylic acid groups (broad SMARTS) is 1. The van der Waals surface area contributed by atoms with Crippen molar-refractivity contribution in [3.05, 3.63) is 21.9 Å². The molecule has 0 bridgehead atoms. The van der Waals surface area contributed by atoms with Gasteiger partial charge in [-0.05, 0) is 24.0 Å². The minimum absolute atomic E-state index is 0.440.